The van der Waals surface area contributed by atoms with Gasteiger partial charge in [0.25, 0.3) is 0 Å². The summed E-state index contributed by atoms with van der Waals surface area (Å²) in [7, 11) is 0. The van der Waals surface area contributed by atoms with E-state index in [0.29, 0.717) is 13.2 Å². The smallest absolute Gasteiger partial charge is 0.124 e. The predicted molar refractivity (Wildman–Crippen MR) is 121 cm³/mol. The third-order valence-electron chi connectivity index (χ3n) is 4.71. The molecule has 0 radical (unpaired) electrons. The van der Waals surface area contributed by atoms with Crippen LogP contribution in [0, 0.1) is 5.41 Å². The van der Waals surface area contributed by atoms with Crippen LogP contribution in [0.1, 0.15) is 52.5 Å². The summed E-state index contributed by atoms with van der Waals surface area (Å²) in [6.07, 6.45) is 4.02. The first kappa shape index (κ1) is 21.3. The van der Waals surface area contributed by atoms with Crippen molar-refractivity contribution in [3.63, 3.8) is 0 Å². The summed E-state index contributed by atoms with van der Waals surface area (Å²) in [6.45, 7) is 11.2. The van der Waals surface area contributed by atoms with E-state index in [1.54, 1.807) is 0 Å². The zero-order chi connectivity index (χ0) is 20.7. The summed E-state index contributed by atoms with van der Waals surface area (Å²) in [5.74, 6) is 1.91. The van der Waals surface area contributed by atoms with Crippen molar-refractivity contribution in [2.75, 3.05) is 30.6 Å². The lowest BCUT2D eigenvalue weighted by atomic mass is 9.97. The van der Waals surface area contributed by atoms with E-state index >= 15 is 0 Å². The summed E-state index contributed by atoms with van der Waals surface area (Å²) in [5.41, 5.74) is 10.7. The molecule has 2 N–H and O–H groups in total. The van der Waals surface area contributed by atoms with Crippen LogP contribution in [0.25, 0.3) is 0 Å². The standard InChI is InChI=1S/C24H35N3O2/c1-5-11-20-22(29-17-10-9-16-28-19-12-7-6-8-13-19)15-14-21-23(20)26-27(25-21)18-24(2,3)4/h6-8,12-15,25-26H,5,9-11,16-18H2,1-4H3. The van der Waals surface area contributed by atoms with Crippen molar-refractivity contribution in [3.05, 3.63) is 48.0 Å². The molecule has 0 aromatic heterocycles. The Labute approximate surface area is 175 Å². The van der Waals surface area contributed by atoms with Crippen LogP contribution in [0.2, 0.25) is 0 Å². The van der Waals surface area contributed by atoms with Crippen LogP contribution in [0.3, 0.4) is 0 Å². The highest BCUT2D eigenvalue weighted by molar-refractivity contribution is 5.78. The molecule has 5 heteroatoms. The Morgan fingerprint density at radius 2 is 1.62 bits per heavy atom. The minimum atomic E-state index is 0.202. The Kier molecular flexibility index (Phi) is 7.26. The van der Waals surface area contributed by atoms with Gasteiger partial charge in [-0.25, -0.2) is 0 Å². The molecule has 1 heterocycles. The number of nitrogens with one attached hydrogen (secondary N) is 2. The van der Waals surface area contributed by atoms with Crippen LogP contribution in [0.4, 0.5) is 11.4 Å². The second kappa shape index (κ2) is 9.88. The van der Waals surface area contributed by atoms with Crippen LogP contribution in [-0.2, 0) is 6.42 Å². The molecule has 2 aromatic rings. The maximum atomic E-state index is 6.16. The van der Waals surface area contributed by atoms with E-state index in [1.807, 2.05) is 30.3 Å². The minimum Gasteiger partial charge on any atom is -0.494 e. The van der Waals surface area contributed by atoms with Crippen molar-refractivity contribution in [2.24, 2.45) is 5.41 Å². The minimum absolute atomic E-state index is 0.202. The van der Waals surface area contributed by atoms with Gasteiger partial charge in [-0.2, -0.15) is 0 Å². The molecule has 2 aromatic carbocycles. The molecule has 0 saturated heterocycles. The van der Waals surface area contributed by atoms with Crippen molar-refractivity contribution in [1.82, 2.24) is 5.12 Å². The molecule has 0 amide bonds. The summed E-state index contributed by atoms with van der Waals surface area (Å²) < 4.78 is 11.9. The normalized spacial score (nSPS) is 13.5. The van der Waals surface area contributed by atoms with Gasteiger partial charge >= 0.3 is 0 Å². The first-order valence-corrected chi connectivity index (χ1v) is 10.7. The van der Waals surface area contributed by atoms with Crippen molar-refractivity contribution in [3.8, 4) is 11.5 Å². The number of ether oxygens (including phenoxy) is 2. The molecular weight excluding hydrogens is 362 g/mol. The topological polar surface area (TPSA) is 45.8 Å². The number of hydrazine groups is 2. The van der Waals surface area contributed by atoms with E-state index in [1.165, 1.54) is 5.56 Å². The Morgan fingerprint density at radius 1 is 0.897 bits per heavy atom. The van der Waals surface area contributed by atoms with Crippen LogP contribution < -0.4 is 20.3 Å². The second-order valence-corrected chi connectivity index (χ2v) is 8.80. The average Bonchev–Trinajstić information content (AvgIpc) is 3.07. The Morgan fingerprint density at radius 3 is 2.31 bits per heavy atom. The number of para-hydroxylation sites is 1. The highest BCUT2D eigenvalue weighted by Crippen LogP contribution is 2.39. The first-order valence-electron chi connectivity index (χ1n) is 10.7. The molecule has 158 valence electrons. The van der Waals surface area contributed by atoms with Gasteiger partial charge in [0.2, 0.25) is 0 Å². The average molecular weight is 398 g/mol. The summed E-state index contributed by atoms with van der Waals surface area (Å²) in [4.78, 5) is 0. The SMILES string of the molecule is CCCc1c(OCCCCOc2ccccc2)ccc2c1NN(CC(C)(C)C)N2. The van der Waals surface area contributed by atoms with Crippen molar-refractivity contribution >= 4 is 11.4 Å². The van der Waals surface area contributed by atoms with Gasteiger partial charge in [-0.05, 0) is 48.9 Å². The molecule has 0 saturated carbocycles. The number of hydrogen-bond acceptors (Lipinski definition) is 5. The van der Waals surface area contributed by atoms with Crippen molar-refractivity contribution in [2.45, 2.75) is 53.4 Å². The molecule has 1 aliphatic heterocycles. The van der Waals surface area contributed by atoms with Gasteiger partial charge in [0.1, 0.15) is 11.5 Å². The quantitative estimate of drug-likeness (QED) is 0.489. The molecule has 1 aliphatic rings. The van der Waals surface area contributed by atoms with E-state index in [4.69, 9.17) is 9.47 Å². The fraction of sp³-hybridized carbons (Fsp3) is 0.500. The Hall–Kier alpha value is -2.40. The summed E-state index contributed by atoms with van der Waals surface area (Å²) >= 11 is 0. The van der Waals surface area contributed by atoms with Crippen LogP contribution in [-0.4, -0.2) is 24.9 Å². The molecular formula is C24H35N3O2. The number of unbranched alkanes of at least 4 members (excludes halogenated alkanes) is 1. The lowest BCUT2D eigenvalue weighted by Gasteiger charge is -2.26. The fourth-order valence-electron chi connectivity index (χ4n) is 3.44. The third kappa shape index (κ3) is 6.29. The molecule has 0 atom stereocenters. The van der Waals surface area contributed by atoms with Crippen LogP contribution in [0.5, 0.6) is 11.5 Å². The molecule has 5 nitrogen and oxygen atoms in total. The van der Waals surface area contributed by atoms with E-state index < -0.39 is 0 Å². The largest absolute Gasteiger partial charge is 0.494 e. The van der Waals surface area contributed by atoms with Crippen molar-refractivity contribution in [1.29, 1.82) is 0 Å². The number of rotatable bonds is 10. The van der Waals surface area contributed by atoms with Crippen LogP contribution in [0.15, 0.2) is 42.5 Å². The number of benzene rings is 2. The van der Waals surface area contributed by atoms with Gasteiger partial charge < -0.3 is 9.47 Å². The van der Waals surface area contributed by atoms with Gasteiger partial charge in [-0.3, -0.25) is 10.9 Å². The van der Waals surface area contributed by atoms with Crippen molar-refractivity contribution < 1.29 is 9.47 Å². The molecule has 0 aliphatic carbocycles. The van der Waals surface area contributed by atoms with E-state index in [0.717, 1.165) is 55.1 Å². The highest BCUT2D eigenvalue weighted by Gasteiger charge is 2.26. The van der Waals surface area contributed by atoms with Gasteiger partial charge in [0, 0.05) is 12.1 Å². The summed E-state index contributed by atoms with van der Waals surface area (Å²) in [6, 6.07) is 14.2. The van der Waals surface area contributed by atoms with Gasteiger partial charge in [-0.15, -0.1) is 5.12 Å². The molecule has 29 heavy (non-hydrogen) atoms. The molecule has 0 unspecified atom stereocenters. The Balaban J connectivity index is 1.51. The highest BCUT2D eigenvalue weighted by atomic mass is 16.5. The zero-order valence-electron chi connectivity index (χ0n) is 18.3. The number of hydrogen-bond donors (Lipinski definition) is 2. The zero-order valence-corrected chi connectivity index (χ0v) is 18.3. The third-order valence-corrected chi connectivity index (χ3v) is 4.71. The maximum Gasteiger partial charge on any atom is 0.124 e. The lowest BCUT2D eigenvalue weighted by Crippen LogP contribution is -2.37. The van der Waals surface area contributed by atoms with E-state index in [2.05, 4.69) is 55.8 Å². The monoisotopic (exact) mass is 397 g/mol. The Bertz CT molecular complexity index is 772. The van der Waals surface area contributed by atoms with Gasteiger partial charge in [-0.1, -0.05) is 52.3 Å². The molecule has 3 rings (SSSR count). The number of anilines is 2. The molecule has 0 bridgehead atoms. The first-order chi connectivity index (χ1) is 14.0. The molecule has 0 fully saturated rings. The molecule has 0 spiro atoms. The lowest BCUT2D eigenvalue weighted by molar-refractivity contribution is 0.263. The van der Waals surface area contributed by atoms with Crippen LogP contribution >= 0.6 is 0 Å². The fourth-order valence-corrected chi connectivity index (χ4v) is 3.44. The second-order valence-electron chi connectivity index (χ2n) is 8.80. The van der Waals surface area contributed by atoms with Gasteiger partial charge in [0.15, 0.2) is 0 Å². The summed E-state index contributed by atoms with van der Waals surface area (Å²) in [5, 5.41) is 2.08. The number of fused-ring (bicyclic) bond motifs is 1. The number of nitrogens with zero attached hydrogens (tertiary/aromatic N) is 1. The van der Waals surface area contributed by atoms with Gasteiger partial charge in [0.05, 0.1) is 24.6 Å². The maximum absolute atomic E-state index is 6.16. The van der Waals surface area contributed by atoms with E-state index in [9.17, 15) is 0 Å². The van der Waals surface area contributed by atoms with E-state index in [-0.39, 0.29) is 5.41 Å². The predicted octanol–water partition coefficient (Wildman–Crippen LogP) is 5.89.